The van der Waals surface area contributed by atoms with Gasteiger partial charge in [-0.15, -0.1) is 0 Å². The molecule has 112 valence electrons. The lowest BCUT2D eigenvalue weighted by molar-refractivity contribution is -0.0496. The van der Waals surface area contributed by atoms with Crippen LogP contribution in [0.25, 0.3) is 0 Å². The van der Waals surface area contributed by atoms with Crippen LogP contribution in [0, 0.1) is 23.2 Å². The highest BCUT2D eigenvalue weighted by Crippen LogP contribution is 2.59. The number of aromatic nitrogens is 2. The van der Waals surface area contributed by atoms with E-state index in [1.807, 2.05) is 0 Å². The van der Waals surface area contributed by atoms with E-state index in [0.717, 1.165) is 24.3 Å². The molecular formula is C16H22N4O. The van der Waals surface area contributed by atoms with Crippen molar-refractivity contribution in [1.82, 2.24) is 15.3 Å². The van der Waals surface area contributed by atoms with Gasteiger partial charge in [-0.05, 0) is 67.8 Å². The van der Waals surface area contributed by atoms with Gasteiger partial charge in [-0.2, -0.15) is 0 Å². The van der Waals surface area contributed by atoms with E-state index in [2.05, 4.69) is 20.6 Å². The fourth-order valence-corrected chi connectivity index (χ4v) is 5.28. The van der Waals surface area contributed by atoms with Gasteiger partial charge in [-0.25, -0.2) is 14.8 Å². The SMILES string of the molecule is O=C(NCC12CC3CC(CC(C3)C1)C2)Nc1ncccn1. The Morgan fingerprint density at radius 1 is 1.10 bits per heavy atom. The molecule has 0 radical (unpaired) electrons. The molecule has 4 fully saturated rings. The molecule has 5 rings (SSSR count). The van der Waals surface area contributed by atoms with Crippen molar-refractivity contribution in [1.29, 1.82) is 0 Å². The van der Waals surface area contributed by atoms with Crippen LogP contribution in [0.3, 0.4) is 0 Å². The maximum absolute atomic E-state index is 12.0. The molecule has 2 N–H and O–H groups in total. The Morgan fingerprint density at radius 2 is 1.67 bits per heavy atom. The maximum Gasteiger partial charge on any atom is 0.321 e. The highest BCUT2D eigenvalue weighted by Gasteiger charge is 2.50. The second-order valence-electron chi connectivity index (χ2n) is 7.30. The van der Waals surface area contributed by atoms with E-state index < -0.39 is 0 Å². The van der Waals surface area contributed by atoms with Gasteiger partial charge in [0, 0.05) is 18.9 Å². The van der Waals surface area contributed by atoms with Gasteiger partial charge >= 0.3 is 6.03 Å². The fraction of sp³-hybridized carbons (Fsp3) is 0.688. The smallest absolute Gasteiger partial charge is 0.321 e. The zero-order chi connectivity index (χ0) is 14.3. The lowest BCUT2D eigenvalue weighted by atomic mass is 9.49. The third kappa shape index (κ3) is 2.61. The van der Waals surface area contributed by atoms with Crippen LogP contribution in [0.4, 0.5) is 10.7 Å². The number of rotatable bonds is 3. The number of carbonyl (C=O) groups excluding carboxylic acids is 1. The van der Waals surface area contributed by atoms with Crippen molar-refractivity contribution in [2.45, 2.75) is 38.5 Å². The van der Waals surface area contributed by atoms with Crippen molar-refractivity contribution in [3.05, 3.63) is 18.5 Å². The predicted octanol–water partition coefficient (Wildman–Crippen LogP) is 2.81. The first kappa shape index (κ1) is 13.0. The van der Waals surface area contributed by atoms with Crippen molar-refractivity contribution in [3.8, 4) is 0 Å². The third-order valence-corrected chi connectivity index (χ3v) is 5.58. The molecule has 4 aliphatic rings. The number of urea groups is 1. The van der Waals surface area contributed by atoms with Crippen LogP contribution in [0.5, 0.6) is 0 Å². The molecule has 4 bridgehead atoms. The van der Waals surface area contributed by atoms with Crippen LogP contribution < -0.4 is 10.6 Å². The van der Waals surface area contributed by atoms with Crippen LogP contribution in [0.15, 0.2) is 18.5 Å². The first-order valence-corrected chi connectivity index (χ1v) is 8.03. The van der Waals surface area contributed by atoms with E-state index >= 15 is 0 Å². The van der Waals surface area contributed by atoms with Crippen molar-refractivity contribution >= 4 is 12.0 Å². The second-order valence-corrected chi connectivity index (χ2v) is 7.30. The molecule has 0 aromatic carbocycles. The van der Waals surface area contributed by atoms with Gasteiger partial charge in [0.25, 0.3) is 0 Å². The summed E-state index contributed by atoms with van der Waals surface area (Å²) in [7, 11) is 0. The van der Waals surface area contributed by atoms with E-state index in [0.29, 0.717) is 11.4 Å². The Balaban J connectivity index is 1.35. The van der Waals surface area contributed by atoms with E-state index in [4.69, 9.17) is 0 Å². The average molecular weight is 286 g/mol. The molecule has 21 heavy (non-hydrogen) atoms. The standard InChI is InChI=1S/C16H22N4O/c21-15(20-14-17-2-1-3-18-14)19-10-16-7-11-4-12(8-16)6-13(5-11)9-16/h1-3,11-13H,4-10H2,(H2,17,18,19,20,21). The summed E-state index contributed by atoms with van der Waals surface area (Å²) in [4.78, 5) is 20.0. The predicted molar refractivity (Wildman–Crippen MR) is 79.7 cm³/mol. The molecule has 5 heteroatoms. The van der Waals surface area contributed by atoms with Crippen molar-refractivity contribution in [2.24, 2.45) is 23.2 Å². The number of anilines is 1. The monoisotopic (exact) mass is 286 g/mol. The summed E-state index contributed by atoms with van der Waals surface area (Å²) < 4.78 is 0. The van der Waals surface area contributed by atoms with Crippen LogP contribution in [-0.2, 0) is 0 Å². The Morgan fingerprint density at radius 3 is 2.24 bits per heavy atom. The Hall–Kier alpha value is -1.65. The summed E-state index contributed by atoms with van der Waals surface area (Å²) >= 11 is 0. The molecule has 0 spiro atoms. The zero-order valence-corrected chi connectivity index (χ0v) is 12.2. The molecular weight excluding hydrogens is 264 g/mol. The van der Waals surface area contributed by atoms with E-state index in [1.54, 1.807) is 18.5 Å². The first-order chi connectivity index (χ1) is 10.2. The minimum absolute atomic E-state index is 0.183. The van der Waals surface area contributed by atoms with Crippen LogP contribution in [-0.4, -0.2) is 22.5 Å². The summed E-state index contributed by atoms with van der Waals surface area (Å²) in [6.07, 6.45) is 11.5. The highest BCUT2D eigenvalue weighted by molar-refractivity contribution is 5.87. The minimum Gasteiger partial charge on any atom is -0.337 e. The number of hydrogen-bond donors (Lipinski definition) is 2. The van der Waals surface area contributed by atoms with Gasteiger partial charge in [0.2, 0.25) is 5.95 Å². The summed E-state index contributed by atoms with van der Waals surface area (Å²) in [5.74, 6) is 3.11. The lowest BCUT2D eigenvalue weighted by Crippen LogP contribution is -2.51. The number of nitrogens with one attached hydrogen (secondary N) is 2. The average Bonchev–Trinajstić information content (AvgIpc) is 2.45. The van der Waals surface area contributed by atoms with Gasteiger partial charge in [0.15, 0.2) is 0 Å². The molecule has 1 aromatic rings. The van der Waals surface area contributed by atoms with Crippen molar-refractivity contribution < 1.29 is 4.79 Å². The van der Waals surface area contributed by atoms with Gasteiger partial charge in [0.05, 0.1) is 0 Å². The number of nitrogens with zero attached hydrogens (tertiary/aromatic N) is 2. The molecule has 4 aliphatic carbocycles. The molecule has 1 heterocycles. The lowest BCUT2D eigenvalue weighted by Gasteiger charge is -2.56. The molecule has 5 nitrogen and oxygen atoms in total. The van der Waals surface area contributed by atoms with E-state index in [9.17, 15) is 4.79 Å². The number of amides is 2. The molecule has 0 saturated heterocycles. The Labute approximate surface area is 124 Å². The van der Waals surface area contributed by atoms with Crippen LogP contribution in [0.2, 0.25) is 0 Å². The normalized spacial score (nSPS) is 36.5. The zero-order valence-electron chi connectivity index (χ0n) is 12.2. The van der Waals surface area contributed by atoms with Crippen molar-refractivity contribution in [3.63, 3.8) is 0 Å². The molecule has 2 amide bonds. The molecule has 0 atom stereocenters. The molecule has 0 aliphatic heterocycles. The van der Waals surface area contributed by atoms with E-state index in [1.165, 1.54) is 38.5 Å². The highest BCUT2D eigenvalue weighted by atomic mass is 16.2. The molecule has 0 unspecified atom stereocenters. The first-order valence-electron chi connectivity index (χ1n) is 8.03. The summed E-state index contributed by atoms with van der Waals surface area (Å²) in [6, 6.07) is 1.55. The fourth-order valence-electron chi connectivity index (χ4n) is 5.28. The Kier molecular flexibility index (Phi) is 3.08. The summed E-state index contributed by atoms with van der Waals surface area (Å²) in [5.41, 5.74) is 0.365. The number of hydrogen-bond acceptors (Lipinski definition) is 3. The largest absolute Gasteiger partial charge is 0.337 e. The molecule has 4 saturated carbocycles. The Bertz CT molecular complexity index is 495. The third-order valence-electron chi connectivity index (χ3n) is 5.58. The maximum atomic E-state index is 12.0. The summed E-state index contributed by atoms with van der Waals surface area (Å²) in [5, 5.41) is 5.76. The summed E-state index contributed by atoms with van der Waals surface area (Å²) in [6.45, 7) is 0.801. The topological polar surface area (TPSA) is 66.9 Å². The quantitative estimate of drug-likeness (QED) is 0.898. The van der Waals surface area contributed by atoms with Crippen molar-refractivity contribution in [2.75, 3.05) is 11.9 Å². The second kappa shape index (κ2) is 4.97. The molecule has 1 aromatic heterocycles. The van der Waals surface area contributed by atoms with Gasteiger partial charge in [-0.3, -0.25) is 5.32 Å². The minimum atomic E-state index is -0.183. The van der Waals surface area contributed by atoms with Gasteiger partial charge in [-0.1, -0.05) is 0 Å². The van der Waals surface area contributed by atoms with E-state index in [-0.39, 0.29) is 6.03 Å². The van der Waals surface area contributed by atoms with Crippen LogP contribution in [0.1, 0.15) is 38.5 Å². The van der Waals surface area contributed by atoms with Crippen LogP contribution >= 0.6 is 0 Å². The van der Waals surface area contributed by atoms with Gasteiger partial charge in [0.1, 0.15) is 0 Å². The number of carbonyl (C=O) groups is 1. The van der Waals surface area contributed by atoms with Gasteiger partial charge < -0.3 is 5.32 Å².